The van der Waals surface area contributed by atoms with Gasteiger partial charge >= 0.3 is 0 Å². The Morgan fingerprint density at radius 3 is 1.12 bits per heavy atom. The van der Waals surface area contributed by atoms with Crippen molar-refractivity contribution in [3.63, 3.8) is 0 Å². The Morgan fingerprint density at radius 1 is 0.300 bits per heavy atom. The summed E-state index contributed by atoms with van der Waals surface area (Å²) in [5.74, 6) is 4.04. The first-order chi connectivity index (χ1) is 19.7. The Morgan fingerprint density at radius 2 is 0.675 bits per heavy atom. The summed E-state index contributed by atoms with van der Waals surface area (Å²) in [4.78, 5) is 6.40. The molecule has 0 aromatic carbocycles. The molecule has 0 aliphatic heterocycles. The number of nitrogens with zero attached hydrogens (tertiary/aromatic N) is 2. The summed E-state index contributed by atoms with van der Waals surface area (Å²) in [5, 5.41) is 0. The molecule has 2 heteroatoms. The van der Waals surface area contributed by atoms with Gasteiger partial charge in [0.25, 0.3) is 0 Å². The van der Waals surface area contributed by atoms with Gasteiger partial charge in [0.2, 0.25) is 0 Å². The molecule has 2 atom stereocenters. The van der Waals surface area contributed by atoms with Crippen LogP contribution in [0.15, 0.2) is 0 Å². The predicted octanol–water partition coefficient (Wildman–Crippen LogP) is 10.5. The molecule has 0 amide bonds. The van der Waals surface area contributed by atoms with Gasteiger partial charge in [0.15, 0.2) is 0 Å². The monoisotopic (exact) mass is 553 g/mol. The van der Waals surface area contributed by atoms with Gasteiger partial charge in [-0.15, -0.1) is 0 Å². The summed E-state index contributed by atoms with van der Waals surface area (Å²) in [6, 6.07) is 5.53. The first kappa shape index (κ1) is 30.0. The number of rotatable bonds is 7. The highest BCUT2D eigenvalue weighted by atomic mass is 15.2. The highest BCUT2D eigenvalue weighted by Crippen LogP contribution is 2.45. The van der Waals surface area contributed by atoms with Crippen molar-refractivity contribution in [2.75, 3.05) is 0 Å². The van der Waals surface area contributed by atoms with Crippen molar-refractivity contribution in [3.05, 3.63) is 0 Å². The van der Waals surface area contributed by atoms with E-state index >= 15 is 0 Å². The fourth-order valence-corrected chi connectivity index (χ4v) is 11.5. The van der Waals surface area contributed by atoms with Crippen LogP contribution in [0, 0.1) is 23.7 Å². The maximum absolute atomic E-state index is 3.20. The topological polar surface area (TPSA) is 6.48 Å². The van der Waals surface area contributed by atoms with E-state index in [0.29, 0.717) is 0 Å². The van der Waals surface area contributed by atoms with E-state index < -0.39 is 0 Å². The second-order valence-electron chi connectivity index (χ2n) is 16.5. The minimum absolute atomic E-state index is 0.914. The van der Waals surface area contributed by atoms with E-state index in [1.54, 1.807) is 25.7 Å². The molecule has 6 fully saturated rings. The van der Waals surface area contributed by atoms with Crippen molar-refractivity contribution in [2.24, 2.45) is 23.7 Å². The molecule has 230 valence electrons. The van der Waals surface area contributed by atoms with Gasteiger partial charge in [0, 0.05) is 36.3 Å². The quantitative estimate of drug-likeness (QED) is 0.310. The molecule has 0 N–H and O–H groups in total. The van der Waals surface area contributed by atoms with Gasteiger partial charge in [-0.2, -0.15) is 0 Å². The summed E-state index contributed by atoms with van der Waals surface area (Å²) in [6.45, 7) is 5.05. The molecule has 6 rings (SSSR count). The number of hydrogen-bond donors (Lipinski definition) is 0. The zero-order chi connectivity index (χ0) is 27.3. The Hall–Kier alpha value is -0.0800. The average Bonchev–Trinajstić information content (AvgIpc) is 3.00. The van der Waals surface area contributed by atoms with Crippen LogP contribution in [0.25, 0.3) is 0 Å². The van der Waals surface area contributed by atoms with E-state index in [4.69, 9.17) is 0 Å². The Kier molecular flexibility index (Phi) is 10.9. The average molecular weight is 553 g/mol. The molecule has 0 spiro atoms. The lowest BCUT2D eigenvalue weighted by atomic mass is 9.70. The molecule has 2 nitrogen and oxygen atoms in total. The molecular weight excluding hydrogens is 484 g/mol. The van der Waals surface area contributed by atoms with E-state index in [9.17, 15) is 0 Å². The largest absolute Gasteiger partial charge is 0.294 e. The Balaban J connectivity index is 1.03. The molecule has 0 saturated heterocycles. The zero-order valence-corrected chi connectivity index (χ0v) is 27.1. The maximum atomic E-state index is 3.20. The van der Waals surface area contributed by atoms with Crippen LogP contribution in [0.2, 0.25) is 0 Å². The van der Waals surface area contributed by atoms with Crippen LogP contribution in [0.4, 0.5) is 0 Å². The Bertz CT molecular complexity index is 714. The molecular formula is C38H68N2. The normalized spacial score (nSPS) is 41.4. The van der Waals surface area contributed by atoms with Crippen molar-refractivity contribution in [1.29, 1.82) is 0 Å². The molecule has 0 radical (unpaired) electrons. The van der Waals surface area contributed by atoms with Gasteiger partial charge in [-0.05, 0) is 139 Å². The first-order valence-electron chi connectivity index (χ1n) is 19.2. The van der Waals surface area contributed by atoms with Gasteiger partial charge < -0.3 is 0 Å². The molecule has 0 aromatic heterocycles. The molecule has 6 aliphatic carbocycles. The van der Waals surface area contributed by atoms with Crippen molar-refractivity contribution in [2.45, 2.75) is 217 Å². The third kappa shape index (κ3) is 7.34. The molecule has 0 bridgehead atoms. The fourth-order valence-electron chi connectivity index (χ4n) is 11.5. The highest BCUT2D eigenvalue weighted by molar-refractivity contribution is 4.95. The second kappa shape index (κ2) is 14.6. The maximum Gasteiger partial charge on any atom is 0.0104 e. The summed E-state index contributed by atoms with van der Waals surface area (Å²) in [5.41, 5.74) is 0. The molecule has 0 aromatic rings. The van der Waals surface area contributed by atoms with Crippen LogP contribution in [-0.4, -0.2) is 46.1 Å². The van der Waals surface area contributed by atoms with E-state index in [2.05, 4.69) is 23.6 Å². The third-order valence-electron chi connectivity index (χ3n) is 13.7. The standard InChI is InChI=1S/C38H68N2/c1-29-16-22-35(23-17-29)39(33-11-5-3-6-12-33)36-24-18-31(19-25-36)32-20-26-37(27-21-32)40(34-13-7-4-8-14-34)38-15-9-10-30(2)28-38/h29-38H,3-28H2,1-2H3. The lowest BCUT2D eigenvalue weighted by Crippen LogP contribution is -2.53. The van der Waals surface area contributed by atoms with E-state index in [-0.39, 0.29) is 0 Å². The van der Waals surface area contributed by atoms with Gasteiger partial charge in [-0.25, -0.2) is 0 Å². The zero-order valence-electron chi connectivity index (χ0n) is 27.1. The second-order valence-corrected chi connectivity index (χ2v) is 16.5. The summed E-state index contributed by atoms with van der Waals surface area (Å²) < 4.78 is 0. The summed E-state index contributed by atoms with van der Waals surface area (Å²) >= 11 is 0. The lowest BCUT2D eigenvalue weighted by molar-refractivity contribution is -0.00957. The Labute approximate surface area is 250 Å². The van der Waals surface area contributed by atoms with Crippen molar-refractivity contribution < 1.29 is 0 Å². The molecule has 2 unspecified atom stereocenters. The summed E-state index contributed by atoms with van der Waals surface area (Å²) in [7, 11) is 0. The van der Waals surface area contributed by atoms with Crippen molar-refractivity contribution >= 4 is 0 Å². The third-order valence-corrected chi connectivity index (χ3v) is 13.7. The predicted molar refractivity (Wildman–Crippen MR) is 172 cm³/mol. The van der Waals surface area contributed by atoms with Crippen LogP contribution < -0.4 is 0 Å². The lowest BCUT2D eigenvalue weighted by Gasteiger charge is -2.51. The van der Waals surface area contributed by atoms with Crippen molar-refractivity contribution in [3.8, 4) is 0 Å². The van der Waals surface area contributed by atoms with Gasteiger partial charge in [0.05, 0.1) is 0 Å². The first-order valence-corrected chi connectivity index (χ1v) is 19.2. The number of hydrogen-bond acceptors (Lipinski definition) is 2. The summed E-state index contributed by atoms with van der Waals surface area (Å²) in [6.07, 6.45) is 39.3. The minimum atomic E-state index is 0.914. The molecule has 6 aliphatic rings. The van der Waals surface area contributed by atoms with Crippen molar-refractivity contribution in [1.82, 2.24) is 9.80 Å². The van der Waals surface area contributed by atoms with E-state index in [0.717, 1.165) is 59.9 Å². The minimum Gasteiger partial charge on any atom is -0.294 e. The van der Waals surface area contributed by atoms with Crippen LogP contribution in [-0.2, 0) is 0 Å². The molecule has 40 heavy (non-hydrogen) atoms. The van der Waals surface area contributed by atoms with Crippen LogP contribution in [0.3, 0.4) is 0 Å². The molecule has 0 heterocycles. The fraction of sp³-hybridized carbons (Fsp3) is 1.00. The smallest absolute Gasteiger partial charge is 0.0104 e. The van der Waals surface area contributed by atoms with Gasteiger partial charge in [0.1, 0.15) is 0 Å². The molecule has 6 saturated carbocycles. The van der Waals surface area contributed by atoms with E-state index in [1.165, 1.54) is 141 Å². The van der Waals surface area contributed by atoms with Crippen LogP contribution >= 0.6 is 0 Å². The van der Waals surface area contributed by atoms with Crippen LogP contribution in [0.5, 0.6) is 0 Å². The van der Waals surface area contributed by atoms with E-state index in [1.807, 2.05) is 0 Å². The van der Waals surface area contributed by atoms with Gasteiger partial charge in [-0.1, -0.05) is 65.2 Å². The highest BCUT2D eigenvalue weighted by Gasteiger charge is 2.41. The SMILES string of the molecule is CC1CCC(N(C2CCCCC2)C2CCC(C3CCC(N(C4CCCCC4)C4CCCC(C)C4)CC3)CC2)CC1. The van der Waals surface area contributed by atoms with Gasteiger partial charge in [-0.3, -0.25) is 9.80 Å². The van der Waals surface area contributed by atoms with Crippen LogP contribution in [0.1, 0.15) is 181 Å².